The highest BCUT2D eigenvalue weighted by molar-refractivity contribution is 7.84. The summed E-state index contributed by atoms with van der Waals surface area (Å²) in [4.78, 5) is 12.7. The van der Waals surface area contributed by atoms with Crippen LogP contribution in [0.5, 0.6) is 0 Å². The predicted molar refractivity (Wildman–Crippen MR) is 94.1 cm³/mol. The normalized spacial score (nSPS) is 13.0. The third-order valence-electron chi connectivity index (χ3n) is 3.93. The van der Waals surface area contributed by atoms with Gasteiger partial charge in [-0.05, 0) is 24.6 Å². The number of hydrogen-bond acceptors (Lipinski definition) is 3. The van der Waals surface area contributed by atoms with E-state index in [1.807, 2.05) is 37.3 Å². The highest BCUT2D eigenvalue weighted by Gasteiger charge is 2.31. The van der Waals surface area contributed by atoms with Gasteiger partial charge >= 0.3 is 10.0 Å². The molecule has 0 radical (unpaired) electrons. The summed E-state index contributed by atoms with van der Waals surface area (Å²) in [5, 5.41) is 0. The molecule has 4 nitrogen and oxygen atoms in total. The molecule has 128 valence electrons. The molecule has 1 unspecified atom stereocenters. The van der Waals surface area contributed by atoms with Crippen molar-refractivity contribution in [3.63, 3.8) is 0 Å². The smallest absolute Gasteiger partial charge is 0.293 e. The van der Waals surface area contributed by atoms with Crippen molar-refractivity contribution >= 4 is 15.8 Å². The number of sulfonamides is 1. The van der Waals surface area contributed by atoms with Gasteiger partial charge in [-0.1, -0.05) is 61.9 Å². The number of carbonyl (C=O) groups excluding carboxylic acids is 1. The monoisotopic (exact) mass is 346 g/mol. The zero-order valence-corrected chi connectivity index (χ0v) is 15.1. The first-order valence-electron chi connectivity index (χ1n) is 8.04. The average molecular weight is 346 g/mol. The fraction of sp³-hybridized carbons (Fsp3) is 0.316. The topological polar surface area (TPSA) is 67.8 Å². The molecule has 0 fully saturated rings. The van der Waals surface area contributed by atoms with Crippen LogP contribution < -0.4 is 4.72 Å². The van der Waals surface area contributed by atoms with Crippen molar-refractivity contribution in [3.05, 3.63) is 65.7 Å². The summed E-state index contributed by atoms with van der Waals surface area (Å²) in [6, 6.07) is 15.5. The molecule has 24 heavy (non-hydrogen) atoms. The SMILES string of the molecule is Cc1ccc(S(=O)(=O)[NH2+]C(Cc2ccccc2)C(=O)C(C)C)cc1. The average Bonchev–Trinajstić information content (AvgIpc) is 2.54. The van der Waals surface area contributed by atoms with E-state index in [0.717, 1.165) is 11.1 Å². The Labute approximate surface area is 144 Å². The Bertz CT molecular complexity index is 781. The summed E-state index contributed by atoms with van der Waals surface area (Å²) in [5.74, 6) is -0.280. The van der Waals surface area contributed by atoms with Crippen LogP contribution in [0.4, 0.5) is 0 Å². The van der Waals surface area contributed by atoms with Gasteiger partial charge in [0.2, 0.25) is 0 Å². The van der Waals surface area contributed by atoms with Crippen molar-refractivity contribution in [2.75, 3.05) is 0 Å². The highest BCUT2D eigenvalue weighted by Crippen LogP contribution is 2.10. The second kappa shape index (κ2) is 7.73. The Morgan fingerprint density at radius 3 is 2.12 bits per heavy atom. The van der Waals surface area contributed by atoms with E-state index in [9.17, 15) is 13.2 Å². The lowest BCUT2D eigenvalue weighted by Crippen LogP contribution is -2.95. The number of quaternary nitrogens is 1. The molecule has 2 rings (SSSR count). The van der Waals surface area contributed by atoms with Crippen molar-refractivity contribution in [2.45, 2.75) is 38.1 Å². The standard InChI is InChI=1S/C19H23NO3S/c1-14(2)19(21)18(13-16-7-5-4-6-8-16)20-24(22,23)17-11-9-15(3)10-12-17/h4-12,14,18,20H,13H2,1-3H3/p+1. The van der Waals surface area contributed by atoms with Crippen LogP contribution in [0.15, 0.2) is 59.5 Å². The summed E-state index contributed by atoms with van der Waals surface area (Å²) >= 11 is 0. The third-order valence-corrected chi connectivity index (χ3v) is 5.54. The molecule has 0 heterocycles. The van der Waals surface area contributed by atoms with Crippen LogP contribution in [-0.4, -0.2) is 20.2 Å². The molecule has 2 N–H and O–H groups in total. The van der Waals surface area contributed by atoms with E-state index >= 15 is 0 Å². The Hall–Kier alpha value is -1.98. The second-order valence-corrected chi connectivity index (χ2v) is 8.18. The van der Waals surface area contributed by atoms with E-state index in [0.29, 0.717) is 6.42 Å². The van der Waals surface area contributed by atoms with Crippen molar-refractivity contribution in [3.8, 4) is 0 Å². The molecule has 0 aromatic heterocycles. The van der Waals surface area contributed by atoms with Crippen LogP contribution in [-0.2, 0) is 21.2 Å². The first kappa shape index (κ1) is 18.4. The summed E-state index contributed by atoms with van der Waals surface area (Å²) in [5.41, 5.74) is 1.94. The zero-order chi connectivity index (χ0) is 17.7. The largest absolute Gasteiger partial charge is 0.324 e. The molecule has 0 aliphatic carbocycles. The number of Topliss-reactive ketones (excluding diaryl/α,β-unsaturated/α-hetero) is 1. The van der Waals surface area contributed by atoms with Gasteiger partial charge in [0, 0.05) is 12.3 Å². The van der Waals surface area contributed by atoms with Gasteiger partial charge < -0.3 is 0 Å². The molecule has 0 amide bonds. The van der Waals surface area contributed by atoms with Crippen LogP contribution in [0.25, 0.3) is 0 Å². The molecule has 0 saturated carbocycles. The van der Waals surface area contributed by atoms with Gasteiger partial charge in [0.25, 0.3) is 0 Å². The van der Waals surface area contributed by atoms with Gasteiger partial charge in [0.05, 0.1) is 0 Å². The Kier molecular flexibility index (Phi) is 5.91. The number of aryl methyl sites for hydroxylation is 1. The molecular formula is C19H24NO3S+. The molecule has 5 heteroatoms. The number of primary sulfonamides is 1. The first-order valence-corrected chi connectivity index (χ1v) is 9.58. The highest BCUT2D eigenvalue weighted by atomic mass is 32.2. The minimum absolute atomic E-state index is 0.0606. The number of ketones is 1. The molecule has 0 spiro atoms. The number of benzene rings is 2. The summed E-state index contributed by atoms with van der Waals surface area (Å²) in [6.07, 6.45) is 0.392. The molecular weight excluding hydrogens is 322 g/mol. The van der Waals surface area contributed by atoms with Gasteiger partial charge in [-0.2, -0.15) is 8.42 Å². The van der Waals surface area contributed by atoms with Crippen LogP contribution in [0.3, 0.4) is 0 Å². The summed E-state index contributed by atoms with van der Waals surface area (Å²) in [7, 11) is -3.62. The molecule has 0 aliphatic rings. The zero-order valence-electron chi connectivity index (χ0n) is 14.3. The number of hydrogen-bond donors (Lipinski definition) is 1. The lowest BCUT2D eigenvalue weighted by molar-refractivity contribution is -0.525. The van der Waals surface area contributed by atoms with Crippen molar-refractivity contribution in [1.82, 2.24) is 0 Å². The van der Waals surface area contributed by atoms with E-state index in [2.05, 4.69) is 0 Å². The lowest BCUT2D eigenvalue weighted by atomic mass is 9.97. The minimum atomic E-state index is -3.62. The van der Waals surface area contributed by atoms with Gasteiger partial charge in [0.1, 0.15) is 4.90 Å². The second-order valence-electron chi connectivity index (χ2n) is 6.35. The number of carbonyl (C=O) groups is 1. The van der Waals surface area contributed by atoms with Crippen LogP contribution >= 0.6 is 0 Å². The maximum absolute atomic E-state index is 12.7. The minimum Gasteiger partial charge on any atom is -0.293 e. The van der Waals surface area contributed by atoms with E-state index in [1.54, 1.807) is 38.1 Å². The van der Waals surface area contributed by atoms with Crippen molar-refractivity contribution < 1.29 is 17.9 Å². The molecule has 0 aliphatic heterocycles. The molecule has 0 bridgehead atoms. The van der Waals surface area contributed by atoms with Crippen LogP contribution in [0.1, 0.15) is 25.0 Å². The molecule has 1 atom stereocenters. The molecule has 0 saturated heterocycles. The Balaban J connectivity index is 2.27. The summed E-state index contributed by atoms with van der Waals surface area (Å²) < 4.78 is 26.5. The Morgan fingerprint density at radius 1 is 1.00 bits per heavy atom. The quantitative estimate of drug-likeness (QED) is 0.835. The fourth-order valence-corrected chi connectivity index (χ4v) is 3.87. The van der Waals surface area contributed by atoms with E-state index in [4.69, 9.17) is 0 Å². The number of nitrogens with two attached hydrogens (primary N) is 1. The van der Waals surface area contributed by atoms with E-state index < -0.39 is 16.1 Å². The number of rotatable bonds is 7. The lowest BCUT2D eigenvalue weighted by Gasteiger charge is -2.16. The van der Waals surface area contributed by atoms with Gasteiger partial charge in [-0.25, -0.2) is 4.72 Å². The van der Waals surface area contributed by atoms with Gasteiger partial charge in [-0.15, -0.1) is 0 Å². The molecule has 2 aromatic carbocycles. The van der Waals surface area contributed by atoms with Gasteiger partial charge in [0.15, 0.2) is 11.8 Å². The molecule has 2 aromatic rings. The Morgan fingerprint density at radius 2 is 1.58 bits per heavy atom. The first-order chi connectivity index (χ1) is 11.3. The summed E-state index contributed by atoms with van der Waals surface area (Å²) in [6.45, 7) is 5.50. The van der Waals surface area contributed by atoms with Gasteiger partial charge in [-0.3, -0.25) is 4.79 Å². The van der Waals surface area contributed by atoms with Crippen LogP contribution in [0.2, 0.25) is 0 Å². The maximum atomic E-state index is 12.7. The maximum Gasteiger partial charge on any atom is 0.324 e. The fourth-order valence-electron chi connectivity index (χ4n) is 2.53. The van der Waals surface area contributed by atoms with E-state index in [1.165, 1.54) is 4.72 Å². The predicted octanol–water partition coefficient (Wildman–Crippen LogP) is 2.08. The van der Waals surface area contributed by atoms with Crippen LogP contribution in [0, 0.1) is 12.8 Å². The third kappa shape index (κ3) is 4.76. The van der Waals surface area contributed by atoms with E-state index in [-0.39, 0.29) is 16.6 Å². The van der Waals surface area contributed by atoms with Crippen molar-refractivity contribution in [2.24, 2.45) is 5.92 Å². The van der Waals surface area contributed by atoms with Crippen molar-refractivity contribution in [1.29, 1.82) is 0 Å².